The van der Waals surface area contributed by atoms with Crippen LogP contribution in [0.3, 0.4) is 0 Å². The van der Waals surface area contributed by atoms with Crippen LogP contribution in [0.25, 0.3) is 0 Å². The van der Waals surface area contributed by atoms with E-state index < -0.39 is 16.0 Å². The molecule has 1 aliphatic heterocycles. The topological polar surface area (TPSA) is 111 Å². The zero-order valence-electron chi connectivity index (χ0n) is 10.2. The molecule has 1 atom stereocenters. The van der Waals surface area contributed by atoms with Crippen LogP contribution >= 0.6 is 0 Å². The molecule has 0 spiro atoms. The van der Waals surface area contributed by atoms with Crippen LogP contribution in [0.1, 0.15) is 12.8 Å². The van der Waals surface area contributed by atoms with Crippen molar-refractivity contribution in [3.05, 3.63) is 12.4 Å². The van der Waals surface area contributed by atoms with Gasteiger partial charge in [0.05, 0.1) is 25.8 Å². The Hall–Kier alpha value is -1.45. The van der Waals surface area contributed by atoms with Gasteiger partial charge >= 0.3 is 5.97 Å². The molecule has 0 amide bonds. The second kappa shape index (κ2) is 5.68. The van der Waals surface area contributed by atoms with E-state index in [4.69, 9.17) is 9.84 Å². The fourth-order valence-corrected chi connectivity index (χ4v) is 2.94. The van der Waals surface area contributed by atoms with Crippen molar-refractivity contribution >= 4 is 16.0 Å². The van der Waals surface area contributed by atoms with Gasteiger partial charge in [0.25, 0.3) is 0 Å². The second-order valence-electron chi connectivity index (χ2n) is 4.26. The van der Waals surface area contributed by atoms with Crippen molar-refractivity contribution < 1.29 is 23.1 Å². The molecule has 0 radical (unpaired) electrons. The van der Waals surface area contributed by atoms with Crippen LogP contribution in [0.2, 0.25) is 0 Å². The quantitative estimate of drug-likeness (QED) is 0.725. The Labute approximate surface area is 110 Å². The highest BCUT2D eigenvalue weighted by Gasteiger charge is 2.24. The van der Waals surface area contributed by atoms with Crippen LogP contribution in [-0.2, 0) is 26.1 Å². The molecule has 2 rings (SSSR count). The van der Waals surface area contributed by atoms with E-state index in [1.54, 1.807) is 0 Å². The molecule has 0 aromatic carbocycles. The van der Waals surface area contributed by atoms with E-state index in [0.29, 0.717) is 19.6 Å². The first-order valence-electron chi connectivity index (χ1n) is 5.82. The third-order valence-corrected chi connectivity index (χ3v) is 4.20. The first-order valence-corrected chi connectivity index (χ1v) is 7.30. The van der Waals surface area contributed by atoms with Crippen molar-refractivity contribution in [2.24, 2.45) is 0 Å². The largest absolute Gasteiger partial charge is 0.481 e. The Morgan fingerprint density at radius 2 is 2.42 bits per heavy atom. The third kappa shape index (κ3) is 3.75. The monoisotopic (exact) mass is 289 g/mol. The lowest BCUT2D eigenvalue weighted by Gasteiger charge is -2.09. The normalized spacial score (nSPS) is 19.7. The van der Waals surface area contributed by atoms with Gasteiger partial charge in [-0.25, -0.2) is 13.1 Å². The van der Waals surface area contributed by atoms with Gasteiger partial charge in [-0.3, -0.25) is 9.48 Å². The maximum Gasteiger partial charge on any atom is 0.305 e. The predicted octanol–water partition coefficient (Wildman–Crippen LogP) is -0.575. The first kappa shape index (κ1) is 14.0. The van der Waals surface area contributed by atoms with Crippen LogP contribution in [0.4, 0.5) is 0 Å². The van der Waals surface area contributed by atoms with Crippen molar-refractivity contribution in [1.82, 2.24) is 14.5 Å². The van der Waals surface area contributed by atoms with Gasteiger partial charge in [-0.2, -0.15) is 5.10 Å². The molecular weight excluding hydrogens is 274 g/mol. The Morgan fingerprint density at radius 3 is 3.05 bits per heavy atom. The summed E-state index contributed by atoms with van der Waals surface area (Å²) in [4.78, 5) is 10.5. The maximum atomic E-state index is 12.0. The van der Waals surface area contributed by atoms with Crippen molar-refractivity contribution in [3.63, 3.8) is 0 Å². The number of nitrogens with one attached hydrogen (secondary N) is 1. The number of carboxylic acids is 1. The van der Waals surface area contributed by atoms with Gasteiger partial charge in [-0.1, -0.05) is 0 Å². The molecule has 1 fully saturated rings. The van der Waals surface area contributed by atoms with Crippen molar-refractivity contribution in [2.45, 2.75) is 30.3 Å². The fraction of sp³-hybridized carbons (Fsp3) is 0.600. The molecular formula is C10H15N3O5S. The van der Waals surface area contributed by atoms with E-state index in [2.05, 4.69) is 9.82 Å². The van der Waals surface area contributed by atoms with Gasteiger partial charge in [-0.05, 0) is 6.42 Å². The Bertz CT molecular complexity index is 547. The summed E-state index contributed by atoms with van der Waals surface area (Å²) in [7, 11) is -3.62. The van der Waals surface area contributed by atoms with Gasteiger partial charge in [0.1, 0.15) is 4.90 Å². The molecule has 2 N–H and O–H groups in total. The molecule has 0 saturated carbocycles. The van der Waals surface area contributed by atoms with E-state index in [1.165, 1.54) is 17.1 Å². The Morgan fingerprint density at radius 1 is 1.63 bits per heavy atom. The number of aryl methyl sites for hydroxylation is 1. The molecule has 19 heavy (non-hydrogen) atoms. The molecule has 2 heterocycles. The predicted molar refractivity (Wildman–Crippen MR) is 64.0 cm³/mol. The fourth-order valence-electron chi connectivity index (χ4n) is 1.73. The van der Waals surface area contributed by atoms with Gasteiger partial charge in [0, 0.05) is 18.8 Å². The van der Waals surface area contributed by atoms with Gasteiger partial charge in [0.2, 0.25) is 10.0 Å². The van der Waals surface area contributed by atoms with Crippen molar-refractivity contribution in [3.8, 4) is 0 Å². The number of ether oxygens (including phenoxy) is 1. The second-order valence-corrected chi connectivity index (χ2v) is 5.98. The molecule has 106 valence electrons. The Balaban J connectivity index is 2.01. The lowest BCUT2D eigenvalue weighted by atomic mass is 10.3. The number of carbonyl (C=O) groups is 1. The van der Waals surface area contributed by atoms with Crippen molar-refractivity contribution in [1.29, 1.82) is 0 Å². The number of carboxylic acid groups (broad SMARTS) is 1. The van der Waals surface area contributed by atoms with E-state index in [0.717, 1.165) is 0 Å². The third-order valence-electron chi connectivity index (χ3n) is 2.73. The highest BCUT2D eigenvalue weighted by molar-refractivity contribution is 7.89. The molecule has 9 heteroatoms. The van der Waals surface area contributed by atoms with Gasteiger partial charge in [-0.15, -0.1) is 0 Å². The molecule has 8 nitrogen and oxygen atoms in total. The molecule has 1 aromatic rings. The highest BCUT2D eigenvalue weighted by atomic mass is 32.2. The number of hydrogen-bond donors (Lipinski definition) is 2. The number of rotatable bonds is 6. The molecule has 0 aliphatic carbocycles. The van der Waals surface area contributed by atoms with Crippen LogP contribution in [0, 0.1) is 0 Å². The molecule has 1 saturated heterocycles. The minimum atomic E-state index is -3.62. The minimum absolute atomic E-state index is 0.0322. The smallest absolute Gasteiger partial charge is 0.305 e. The number of aliphatic carboxylic acids is 1. The summed E-state index contributed by atoms with van der Waals surface area (Å²) in [5.74, 6) is -0.957. The number of nitrogens with zero attached hydrogens (tertiary/aromatic N) is 2. The summed E-state index contributed by atoms with van der Waals surface area (Å²) in [6.45, 7) is 1.05. The maximum absolute atomic E-state index is 12.0. The average Bonchev–Trinajstić information content (AvgIpc) is 2.96. The number of aromatic nitrogens is 2. The summed E-state index contributed by atoms with van der Waals surface area (Å²) in [5, 5.41) is 12.4. The van der Waals surface area contributed by atoms with E-state index >= 15 is 0 Å². The first-order chi connectivity index (χ1) is 8.97. The molecule has 0 bridgehead atoms. The van der Waals surface area contributed by atoms with E-state index in [9.17, 15) is 13.2 Å². The molecule has 1 aliphatic rings. The minimum Gasteiger partial charge on any atom is -0.481 e. The lowest BCUT2D eigenvalue weighted by molar-refractivity contribution is -0.137. The van der Waals surface area contributed by atoms with Crippen LogP contribution in [0.15, 0.2) is 17.3 Å². The van der Waals surface area contributed by atoms with Crippen LogP contribution < -0.4 is 4.72 Å². The molecule has 1 unspecified atom stereocenters. The SMILES string of the molecule is O=C(O)CCn1cc(S(=O)(=O)NC2CCOC2)cn1. The summed E-state index contributed by atoms with van der Waals surface area (Å²) in [5.41, 5.74) is 0. The zero-order chi connectivity index (χ0) is 13.9. The van der Waals surface area contributed by atoms with Crippen molar-refractivity contribution in [2.75, 3.05) is 13.2 Å². The zero-order valence-corrected chi connectivity index (χ0v) is 11.0. The van der Waals surface area contributed by atoms with Gasteiger partial charge < -0.3 is 9.84 Å². The average molecular weight is 289 g/mol. The molecule has 1 aromatic heterocycles. The summed E-state index contributed by atoms with van der Waals surface area (Å²) < 4.78 is 32.9. The number of sulfonamides is 1. The van der Waals surface area contributed by atoms with Crippen LogP contribution in [0.5, 0.6) is 0 Å². The summed E-state index contributed by atoms with van der Waals surface area (Å²) in [6.07, 6.45) is 3.07. The lowest BCUT2D eigenvalue weighted by Crippen LogP contribution is -2.34. The van der Waals surface area contributed by atoms with Gasteiger partial charge in [0.15, 0.2) is 0 Å². The van der Waals surface area contributed by atoms with Crippen LogP contribution in [-0.4, -0.2) is 48.5 Å². The standard InChI is InChI=1S/C10H15N3O5S/c14-10(15)1-3-13-6-9(5-11-13)19(16,17)12-8-2-4-18-7-8/h5-6,8,12H,1-4,7H2,(H,14,15). The number of hydrogen-bond acceptors (Lipinski definition) is 5. The highest BCUT2D eigenvalue weighted by Crippen LogP contribution is 2.11. The Kier molecular flexibility index (Phi) is 4.17. The van der Waals surface area contributed by atoms with E-state index in [-0.39, 0.29) is 23.9 Å². The summed E-state index contributed by atoms with van der Waals surface area (Å²) >= 11 is 0. The van der Waals surface area contributed by atoms with E-state index in [1.807, 2.05) is 0 Å². The summed E-state index contributed by atoms with van der Waals surface area (Å²) in [6, 6.07) is -0.215.